The second-order valence-corrected chi connectivity index (χ2v) is 8.83. The molecule has 29 heavy (non-hydrogen) atoms. The van der Waals surface area contributed by atoms with Gasteiger partial charge in [0.1, 0.15) is 11.5 Å². The van der Waals surface area contributed by atoms with Crippen molar-refractivity contribution in [1.82, 2.24) is 4.31 Å². The maximum atomic E-state index is 12.7. The Morgan fingerprint density at radius 3 is 2.31 bits per heavy atom. The zero-order valence-electron chi connectivity index (χ0n) is 16.7. The van der Waals surface area contributed by atoms with E-state index in [1.165, 1.54) is 23.5 Å². The molecular formula is C21H26N2O5S. The lowest BCUT2D eigenvalue weighted by atomic mass is 10.1. The summed E-state index contributed by atoms with van der Waals surface area (Å²) in [5.41, 5.74) is 1.27. The van der Waals surface area contributed by atoms with Crippen molar-refractivity contribution in [1.29, 1.82) is 0 Å². The molecule has 2 aromatic rings. The number of hydrogen-bond acceptors (Lipinski definition) is 5. The monoisotopic (exact) mass is 418 g/mol. The van der Waals surface area contributed by atoms with Crippen LogP contribution in [0.15, 0.2) is 47.4 Å². The molecule has 0 bridgehead atoms. The SMILES string of the molecule is COc1ccc(CC(=O)Nc2ccc(S(=O)(=O)N3CCCCC3)cc2)c(OC)c1. The number of anilines is 1. The van der Waals surface area contributed by atoms with Crippen molar-refractivity contribution in [3.8, 4) is 11.5 Å². The van der Waals surface area contributed by atoms with E-state index in [1.807, 2.05) is 0 Å². The predicted octanol–water partition coefficient (Wildman–Crippen LogP) is 3.06. The lowest BCUT2D eigenvalue weighted by Crippen LogP contribution is -2.35. The first kappa shape index (κ1) is 21.1. The van der Waals surface area contributed by atoms with E-state index < -0.39 is 10.0 Å². The third-order valence-corrected chi connectivity index (χ3v) is 6.85. The summed E-state index contributed by atoms with van der Waals surface area (Å²) < 4.78 is 37.4. The summed E-state index contributed by atoms with van der Waals surface area (Å²) in [6, 6.07) is 11.6. The molecule has 1 aliphatic heterocycles. The summed E-state index contributed by atoms with van der Waals surface area (Å²) in [6.45, 7) is 1.12. The Morgan fingerprint density at radius 1 is 1.00 bits per heavy atom. The molecule has 1 saturated heterocycles. The van der Waals surface area contributed by atoms with Crippen molar-refractivity contribution in [2.45, 2.75) is 30.6 Å². The lowest BCUT2D eigenvalue weighted by Gasteiger charge is -2.25. The van der Waals surface area contributed by atoms with E-state index in [-0.39, 0.29) is 17.2 Å². The summed E-state index contributed by atoms with van der Waals surface area (Å²) in [5, 5.41) is 2.79. The fraction of sp³-hybridized carbons (Fsp3) is 0.381. The van der Waals surface area contributed by atoms with Crippen molar-refractivity contribution < 1.29 is 22.7 Å². The van der Waals surface area contributed by atoms with Gasteiger partial charge in [0.2, 0.25) is 15.9 Å². The highest BCUT2D eigenvalue weighted by atomic mass is 32.2. The Morgan fingerprint density at radius 2 is 1.69 bits per heavy atom. The van der Waals surface area contributed by atoms with Gasteiger partial charge in [0, 0.05) is 30.4 Å². The van der Waals surface area contributed by atoms with Gasteiger partial charge in [0.05, 0.1) is 25.5 Å². The summed E-state index contributed by atoms with van der Waals surface area (Å²) in [6.07, 6.45) is 2.97. The smallest absolute Gasteiger partial charge is 0.243 e. The molecular weight excluding hydrogens is 392 g/mol. The second kappa shape index (κ2) is 9.28. The Kier molecular flexibility index (Phi) is 6.76. The Hall–Kier alpha value is -2.58. The van der Waals surface area contributed by atoms with Gasteiger partial charge in [-0.1, -0.05) is 12.5 Å². The quantitative estimate of drug-likeness (QED) is 0.747. The Bertz CT molecular complexity index is 952. The van der Waals surface area contributed by atoms with Gasteiger partial charge in [0.25, 0.3) is 0 Å². The van der Waals surface area contributed by atoms with E-state index in [9.17, 15) is 13.2 Å². The van der Waals surface area contributed by atoms with Crippen LogP contribution in [-0.2, 0) is 21.2 Å². The molecule has 0 radical (unpaired) electrons. The van der Waals surface area contributed by atoms with Gasteiger partial charge in [-0.3, -0.25) is 4.79 Å². The van der Waals surface area contributed by atoms with Crippen molar-refractivity contribution in [2.75, 3.05) is 32.6 Å². The average Bonchev–Trinajstić information content (AvgIpc) is 2.75. The molecule has 2 aromatic carbocycles. The number of amides is 1. The van der Waals surface area contributed by atoms with Crippen molar-refractivity contribution in [3.05, 3.63) is 48.0 Å². The molecule has 0 saturated carbocycles. The normalized spacial score (nSPS) is 15.0. The van der Waals surface area contributed by atoms with E-state index in [4.69, 9.17) is 9.47 Å². The topological polar surface area (TPSA) is 84.9 Å². The van der Waals surface area contributed by atoms with Crippen LogP contribution >= 0.6 is 0 Å². The van der Waals surface area contributed by atoms with Gasteiger partial charge in [-0.25, -0.2) is 8.42 Å². The molecule has 8 heteroatoms. The number of methoxy groups -OCH3 is 2. The fourth-order valence-electron chi connectivity index (χ4n) is 3.34. The lowest BCUT2D eigenvalue weighted by molar-refractivity contribution is -0.115. The van der Waals surface area contributed by atoms with Crippen LogP contribution in [0.4, 0.5) is 5.69 Å². The van der Waals surface area contributed by atoms with Crippen LogP contribution in [0.1, 0.15) is 24.8 Å². The zero-order chi connectivity index (χ0) is 20.9. The molecule has 3 rings (SSSR count). The molecule has 1 fully saturated rings. The maximum Gasteiger partial charge on any atom is 0.243 e. The highest BCUT2D eigenvalue weighted by molar-refractivity contribution is 7.89. The first-order valence-electron chi connectivity index (χ1n) is 9.55. The molecule has 156 valence electrons. The van der Waals surface area contributed by atoms with Gasteiger partial charge < -0.3 is 14.8 Å². The zero-order valence-corrected chi connectivity index (χ0v) is 17.5. The second-order valence-electron chi connectivity index (χ2n) is 6.89. The van der Waals surface area contributed by atoms with Crippen molar-refractivity contribution in [2.24, 2.45) is 0 Å². The number of rotatable bonds is 7. The third kappa shape index (κ3) is 5.07. The molecule has 1 heterocycles. The highest BCUT2D eigenvalue weighted by Crippen LogP contribution is 2.26. The number of piperidine rings is 1. The van der Waals surface area contributed by atoms with Gasteiger partial charge in [-0.15, -0.1) is 0 Å². The van der Waals surface area contributed by atoms with Crippen LogP contribution in [0.5, 0.6) is 11.5 Å². The van der Waals surface area contributed by atoms with Crippen molar-refractivity contribution in [3.63, 3.8) is 0 Å². The molecule has 0 aliphatic carbocycles. The van der Waals surface area contributed by atoms with Gasteiger partial charge >= 0.3 is 0 Å². The first-order valence-corrected chi connectivity index (χ1v) is 11.0. The number of nitrogens with zero attached hydrogens (tertiary/aromatic N) is 1. The summed E-state index contributed by atoms with van der Waals surface area (Å²) >= 11 is 0. The van der Waals surface area contributed by atoms with Gasteiger partial charge in [0.15, 0.2) is 0 Å². The van der Waals surface area contributed by atoms with Crippen LogP contribution in [0.2, 0.25) is 0 Å². The van der Waals surface area contributed by atoms with Crippen LogP contribution in [0.3, 0.4) is 0 Å². The largest absolute Gasteiger partial charge is 0.497 e. The first-order chi connectivity index (χ1) is 13.9. The van der Waals surface area contributed by atoms with Gasteiger partial charge in [-0.05, 0) is 43.2 Å². The van der Waals surface area contributed by atoms with Crippen LogP contribution in [0, 0.1) is 0 Å². The minimum atomic E-state index is -3.48. The number of carbonyl (C=O) groups excluding carboxylic acids is 1. The summed E-state index contributed by atoms with van der Waals surface area (Å²) in [7, 11) is -0.374. The van der Waals surface area contributed by atoms with Crippen molar-refractivity contribution >= 4 is 21.6 Å². The predicted molar refractivity (Wildman–Crippen MR) is 111 cm³/mol. The van der Waals surface area contributed by atoms with Crippen LogP contribution < -0.4 is 14.8 Å². The highest BCUT2D eigenvalue weighted by Gasteiger charge is 2.25. The Balaban J connectivity index is 1.66. The number of nitrogens with one attached hydrogen (secondary N) is 1. The average molecular weight is 419 g/mol. The van der Waals surface area contributed by atoms with E-state index in [1.54, 1.807) is 37.4 Å². The molecule has 1 amide bonds. The number of sulfonamides is 1. The number of benzene rings is 2. The molecule has 0 aromatic heterocycles. The van der Waals surface area contributed by atoms with E-state index >= 15 is 0 Å². The standard InChI is InChI=1S/C21H26N2O5S/c1-27-18-9-6-16(20(15-18)28-2)14-21(24)22-17-7-10-19(11-8-17)29(25,26)23-12-4-3-5-13-23/h6-11,15H,3-5,12-14H2,1-2H3,(H,22,24). The van der Waals surface area contributed by atoms with E-state index in [2.05, 4.69) is 5.32 Å². The van der Waals surface area contributed by atoms with Gasteiger partial charge in [-0.2, -0.15) is 4.31 Å². The third-order valence-electron chi connectivity index (χ3n) is 4.94. The minimum absolute atomic E-state index is 0.126. The molecule has 0 unspecified atom stereocenters. The number of hydrogen-bond donors (Lipinski definition) is 1. The van der Waals surface area contributed by atoms with E-state index in [0.29, 0.717) is 30.3 Å². The minimum Gasteiger partial charge on any atom is -0.497 e. The van der Waals surface area contributed by atoms with Crippen LogP contribution in [-0.4, -0.2) is 45.9 Å². The Labute approximate surface area is 171 Å². The van der Waals surface area contributed by atoms with Crippen LogP contribution in [0.25, 0.3) is 0 Å². The molecule has 0 atom stereocenters. The molecule has 0 spiro atoms. The molecule has 1 aliphatic rings. The number of ether oxygens (including phenoxy) is 2. The summed E-state index contributed by atoms with van der Waals surface area (Å²) in [5.74, 6) is 0.999. The molecule has 1 N–H and O–H groups in total. The maximum absolute atomic E-state index is 12.7. The molecule has 7 nitrogen and oxygen atoms in total. The fourth-order valence-corrected chi connectivity index (χ4v) is 4.86. The summed E-state index contributed by atoms with van der Waals surface area (Å²) in [4.78, 5) is 12.7. The number of carbonyl (C=O) groups is 1. The van der Waals surface area contributed by atoms with E-state index in [0.717, 1.165) is 24.8 Å².